The molecule has 0 fully saturated rings. The van der Waals surface area contributed by atoms with E-state index < -0.39 is 0 Å². The van der Waals surface area contributed by atoms with Crippen LogP contribution in [0.1, 0.15) is 5.56 Å². The van der Waals surface area contributed by atoms with Crippen molar-refractivity contribution in [1.82, 2.24) is 4.57 Å². The van der Waals surface area contributed by atoms with E-state index in [4.69, 9.17) is 14.6 Å². The van der Waals surface area contributed by atoms with Crippen LogP contribution in [0.3, 0.4) is 0 Å². The summed E-state index contributed by atoms with van der Waals surface area (Å²) in [6, 6.07) is 8.75. The van der Waals surface area contributed by atoms with Gasteiger partial charge in [0.15, 0.2) is 5.75 Å². The maximum Gasteiger partial charge on any atom is 0.223 e. The number of hydrogen-bond donors (Lipinski definition) is 1. The third kappa shape index (κ3) is 3.35. The van der Waals surface area contributed by atoms with Crippen molar-refractivity contribution in [3.05, 3.63) is 58.5 Å². The first-order chi connectivity index (χ1) is 9.22. The Hall–Kier alpha value is -2.27. The molecule has 0 bridgehead atoms. The second kappa shape index (κ2) is 6.06. The number of ether oxygens (including phenoxy) is 2. The lowest BCUT2D eigenvalue weighted by Crippen LogP contribution is -2.10. The van der Waals surface area contributed by atoms with Crippen LogP contribution >= 0.6 is 0 Å². The number of hydrogen-bond acceptors (Lipinski definition) is 4. The van der Waals surface area contributed by atoms with Crippen LogP contribution in [0.2, 0.25) is 0 Å². The molecular formula is C14H15NO4. The molecule has 19 heavy (non-hydrogen) atoms. The first-order valence-electron chi connectivity index (χ1n) is 5.79. The van der Waals surface area contributed by atoms with Crippen molar-refractivity contribution in [3.8, 4) is 11.5 Å². The lowest BCUT2D eigenvalue weighted by Gasteiger charge is -2.08. The monoisotopic (exact) mass is 261 g/mol. The van der Waals surface area contributed by atoms with Gasteiger partial charge >= 0.3 is 0 Å². The Balaban J connectivity index is 2.07. The van der Waals surface area contributed by atoms with Gasteiger partial charge in [0, 0.05) is 12.3 Å². The molecule has 5 heteroatoms. The van der Waals surface area contributed by atoms with E-state index in [0.717, 1.165) is 11.3 Å². The zero-order valence-corrected chi connectivity index (χ0v) is 10.6. The molecule has 2 rings (SSSR count). The molecule has 5 nitrogen and oxygen atoms in total. The highest BCUT2D eigenvalue weighted by atomic mass is 16.5. The van der Waals surface area contributed by atoms with Crippen LogP contribution in [0.5, 0.6) is 11.5 Å². The quantitative estimate of drug-likeness (QED) is 0.883. The van der Waals surface area contributed by atoms with Crippen LogP contribution < -0.4 is 14.9 Å². The van der Waals surface area contributed by atoms with Gasteiger partial charge in [-0.1, -0.05) is 12.1 Å². The predicted molar refractivity (Wildman–Crippen MR) is 70.2 cm³/mol. The van der Waals surface area contributed by atoms with Gasteiger partial charge in [-0.15, -0.1) is 0 Å². The van der Waals surface area contributed by atoms with Crippen molar-refractivity contribution in [3.63, 3.8) is 0 Å². The summed E-state index contributed by atoms with van der Waals surface area (Å²) in [4.78, 5) is 11.6. The van der Waals surface area contributed by atoms with E-state index in [1.54, 1.807) is 7.11 Å². The van der Waals surface area contributed by atoms with Crippen molar-refractivity contribution >= 4 is 0 Å². The topological polar surface area (TPSA) is 60.7 Å². The number of aliphatic hydroxyl groups is 1. The van der Waals surface area contributed by atoms with Gasteiger partial charge in [-0.05, 0) is 17.7 Å². The number of rotatable bonds is 5. The minimum absolute atomic E-state index is 0.195. The summed E-state index contributed by atoms with van der Waals surface area (Å²) in [6.45, 7) is 0.0911. The fourth-order valence-corrected chi connectivity index (χ4v) is 1.58. The van der Waals surface area contributed by atoms with Gasteiger partial charge in [0.05, 0.1) is 13.3 Å². The molecule has 1 heterocycles. The molecule has 0 spiro atoms. The standard InChI is InChI=1S/C14H15NO4/c1-18-12-4-2-11(3-5-12)9-19-14-8-15(10-16)7-6-13(14)17/h2-8,16H,9-10H2,1H3. The predicted octanol–water partition coefficient (Wildman–Crippen LogP) is 1.39. The molecule has 0 saturated carbocycles. The summed E-state index contributed by atoms with van der Waals surface area (Å²) < 4.78 is 12.0. The van der Waals surface area contributed by atoms with E-state index in [2.05, 4.69) is 0 Å². The Morgan fingerprint density at radius 3 is 2.58 bits per heavy atom. The fourth-order valence-electron chi connectivity index (χ4n) is 1.58. The van der Waals surface area contributed by atoms with Crippen molar-refractivity contribution in [1.29, 1.82) is 0 Å². The molecule has 0 amide bonds. The number of aromatic nitrogens is 1. The van der Waals surface area contributed by atoms with Gasteiger partial charge in [0.2, 0.25) is 5.43 Å². The molecule has 1 aromatic carbocycles. The number of nitrogens with zero attached hydrogens (tertiary/aromatic N) is 1. The summed E-state index contributed by atoms with van der Waals surface area (Å²) in [5, 5.41) is 8.99. The first kappa shape index (κ1) is 13.2. The molecule has 2 aromatic rings. The molecule has 0 radical (unpaired) electrons. The van der Waals surface area contributed by atoms with Crippen LogP contribution in [0.25, 0.3) is 0 Å². The molecule has 0 aliphatic rings. The Bertz CT molecular complexity index is 589. The van der Waals surface area contributed by atoms with Crippen molar-refractivity contribution < 1.29 is 14.6 Å². The van der Waals surface area contributed by atoms with E-state index >= 15 is 0 Å². The molecule has 1 aromatic heterocycles. The molecule has 0 saturated heterocycles. The van der Waals surface area contributed by atoms with Gasteiger partial charge < -0.3 is 19.1 Å². The molecule has 0 unspecified atom stereocenters. The van der Waals surface area contributed by atoms with E-state index in [1.807, 2.05) is 24.3 Å². The third-order valence-corrected chi connectivity index (χ3v) is 2.66. The Labute approximate surface area is 110 Å². The zero-order chi connectivity index (χ0) is 13.7. The summed E-state index contributed by atoms with van der Waals surface area (Å²) in [6.07, 6.45) is 2.98. The average Bonchev–Trinajstić information content (AvgIpc) is 2.47. The van der Waals surface area contributed by atoms with E-state index in [1.165, 1.54) is 23.0 Å². The smallest absolute Gasteiger partial charge is 0.223 e. The minimum atomic E-state index is -0.210. The van der Waals surface area contributed by atoms with Gasteiger partial charge in [0.25, 0.3) is 0 Å². The van der Waals surface area contributed by atoms with Crippen molar-refractivity contribution in [2.75, 3.05) is 7.11 Å². The maximum absolute atomic E-state index is 11.6. The summed E-state index contributed by atoms with van der Waals surface area (Å²) in [5.74, 6) is 0.985. The Morgan fingerprint density at radius 2 is 1.95 bits per heavy atom. The van der Waals surface area contributed by atoms with Crippen LogP contribution in [0, 0.1) is 0 Å². The van der Waals surface area contributed by atoms with E-state index in [9.17, 15) is 4.79 Å². The Kier molecular flexibility index (Phi) is 4.20. The number of aliphatic hydroxyl groups excluding tert-OH is 1. The van der Waals surface area contributed by atoms with Crippen LogP contribution in [-0.4, -0.2) is 16.8 Å². The maximum atomic E-state index is 11.6. The minimum Gasteiger partial charge on any atom is -0.497 e. The fraction of sp³-hybridized carbons (Fsp3) is 0.214. The SMILES string of the molecule is COc1ccc(COc2cn(CO)ccc2=O)cc1. The van der Waals surface area contributed by atoms with Crippen LogP contribution in [-0.2, 0) is 13.3 Å². The van der Waals surface area contributed by atoms with E-state index in [0.29, 0.717) is 0 Å². The highest BCUT2D eigenvalue weighted by molar-refractivity contribution is 5.27. The first-order valence-corrected chi connectivity index (χ1v) is 5.79. The molecule has 0 aliphatic carbocycles. The Morgan fingerprint density at radius 1 is 1.21 bits per heavy atom. The second-order valence-corrected chi connectivity index (χ2v) is 3.97. The van der Waals surface area contributed by atoms with Gasteiger partial charge in [-0.2, -0.15) is 0 Å². The molecule has 0 aliphatic heterocycles. The highest BCUT2D eigenvalue weighted by Crippen LogP contribution is 2.13. The molecule has 1 N–H and O–H groups in total. The molecule has 0 atom stereocenters. The number of benzene rings is 1. The van der Waals surface area contributed by atoms with Gasteiger partial charge in [0.1, 0.15) is 19.1 Å². The lowest BCUT2D eigenvalue weighted by atomic mass is 10.2. The summed E-state index contributed by atoms with van der Waals surface area (Å²) >= 11 is 0. The lowest BCUT2D eigenvalue weighted by molar-refractivity contribution is 0.206. The van der Waals surface area contributed by atoms with Crippen molar-refractivity contribution in [2.24, 2.45) is 0 Å². The van der Waals surface area contributed by atoms with E-state index in [-0.39, 0.29) is 24.5 Å². The number of pyridine rings is 1. The highest BCUT2D eigenvalue weighted by Gasteiger charge is 2.02. The second-order valence-electron chi connectivity index (χ2n) is 3.97. The van der Waals surface area contributed by atoms with Gasteiger partial charge in [-0.3, -0.25) is 4.79 Å². The number of methoxy groups -OCH3 is 1. The van der Waals surface area contributed by atoms with Gasteiger partial charge in [-0.25, -0.2) is 0 Å². The molecular weight excluding hydrogens is 246 g/mol. The van der Waals surface area contributed by atoms with Crippen LogP contribution in [0.15, 0.2) is 47.5 Å². The average molecular weight is 261 g/mol. The largest absolute Gasteiger partial charge is 0.497 e. The zero-order valence-electron chi connectivity index (χ0n) is 10.6. The van der Waals surface area contributed by atoms with Crippen molar-refractivity contribution in [2.45, 2.75) is 13.3 Å². The third-order valence-electron chi connectivity index (χ3n) is 2.66. The normalized spacial score (nSPS) is 10.2. The van der Waals surface area contributed by atoms with Crippen LogP contribution in [0.4, 0.5) is 0 Å². The summed E-state index contributed by atoms with van der Waals surface area (Å²) in [7, 11) is 1.60. The molecule has 100 valence electrons. The summed E-state index contributed by atoms with van der Waals surface area (Å²) in [5.41, 5.74) is 0.720.